The maximum absolute atomic E-state index is 10.7. The molecule has 1 aliphatic carbocycles. The highest BCUT2D eigenvalue weighted by Crippen LogP contribution is 2.34. The summed E-state index contributed by atoms with van der Waals surface area (Å²) in [6.07, 6.45) is 0.955. The third-order valence-electron chi connectivity index (χ3n) is 2.01. The van der Waals surface area contributed by atoms with Crippen molar-refractivity contribution in [2.75, 3.05) is 13.3 Å². The van der Waals surface area contributed by atoms with E-state index < -0.39 is 12.1 Å². The van der Waals surface area contributed by atoms with Crippen molar-refractivity contribution in [3.05, 3.63) is 0 Å². The van der Waals surface area contributed by atoms with Crippen LogP contribution in [0.15, 0.2) is 0 Å². The standard InChI is InChI=1S/C8H14N2O4/c9-3-6(11)10-4-14-7(8(12)13)5-1-2-5/h5,7H,1-4,9H2,(H,10,11)(H,12,13). The molecule has 1 saturated carbocycles. The van der Waals surface area contributed by atoms with Crippen molar-refractivity contribution in [3.63, 3.8) is 0 Å². The van der Waals surface area contributed by atoms with Crippen molar-refractivity contribution in [1.82, 2.24) is 5.32 Å². The summed E-state index contributed by atoms with van der Waals surface area (Å²) in [7, 11) is 0. The van der Waals surface area contributed by atoms with E-state index in [0.717, 1.165) is 12.8 Å². The van der Waals surface area contributed by atoms with E-state index in [-0.39, 0.29) is 25.1 Å². The van der Waals surface area contributed by atoms with E-state index in [0.29, 0.717) is 0 Å². The monoisotopic (exact) mass is 202 g/mol. The van der Waals surface area contributed by atoms with E-state index in [9.17, 15) is 9.59 Å². The molecule has 0 spiro atoms. The Morgan fingerprint density at radius 1 is 1.57 bits per heavy atom. The van der Waals surface area contributed by atoms with Gasteiger partial charge in [0.05, 0.1) is 6.54 Å². The second-order valence-corrected chi connectivity index (χ2v) is 3.21. The highest BCUT2D eigenvalue weighted by atomic mass is 16.5. The summed E-state index contributed by atoms with van der Waals surface area (Å²) in [6, 6.07) is 0. The smallest absolute Gasteiger partial charge is 0.333 e. The second-order valence-electron chi connectivity index (χ2n) is 3.21. The summed E-state index contributed by atoms with van der Waals surface area (Å²) in [6.45, 7) is -0.214. The Morgan fingerprint density at radius 3 is 2.64 bits per heavy atom. The molecular formula is C8H14N2O4. The van der Waals surface area contributed by atoms with Crippen LogP contribution >= 0.6 is 0 Å². The van der Waals surface area contributed by atoms with E-state index in [1.54, 1.807) is 0 Å². The number of carbonyl (C=O) groups excluding carboxylic acids is 1. The summed E-state index contributed by atoms with van der Waals surface area (Å²) >= 11 is 0. The topological polar surface area (TPSA) is 102 Å². The number of ether oxygens (including phenoxy) is 1. The molecule has 1 rings (SSSR count). The van der Waals surface area contributed by atoms with Gasteiger partial charge in [-0.15, -0.1) is 0 Å². The molecule has 1 fully saturated rings. The summed E-state index contributed by atoms with van der Waals surface area (Å²) in [5.74, 6) is -1.23. The summed E-state index contributed by atoms with van der Waals surface area (Å²) < 4.78 is 5.01. The van der Waals surface area contributed by atoms with Crippen LogP contribution in [-0.2, 0) is 14.3 Å². The van der Waals surface area contributed by atoms with Crippen LogP contribution in [0.3, 0.4) is 0 Å². The number of amides is 1. The Balaban J connectivity index is 2.20. The highest BCUT2D eigenvalue weighted by molar-refractivity contribution is 5.77. The van der Waals surface area contributed by atoms with E-state index >= 15 is 0 Å². The van der Waals surface area contributed by atoms with Gasteiger partial charge in [-0.3, -0.25) is 4.79 Å². The van der Waals surface area contributed by atoms with Crippen molar-refractivity contribution < 1.29 is 19.4 Å². The highest BCUT2D eigenvalue weighted by Gasteiger charge is 2.37. The first-order valence-electron chi connectivity index (χ1n) is 4.46. The third kappa shape index (κ3) is 3.31. The van der Waals surface area contributed by atoms with Crippen molar-refractivity contribution in [3.8, 4) is 0 Å². The lowest BCUT2D eigenvalue weighted by Gasteiger charge is -2.12. The van der Waals surface area contributed by atoms with Gasteiger partial charge in [0.2, 0.25) is 5.91 Å². The minimum atomic E-state index is -0.977. The van der Waals surface area contributed by atoms with Crippen LogP contribution in [-0.4, -0.2) is 36.4 Å². The minimum absolute atomic E-state index is 0.0937. The molecule has 0 aromatic heterocycles. The minimum Gasteiger partial charge on any atom is -0.479 e. The van der Waals surface area contributed by atoms with Crippen LogP contribution in [0.4, 0.5) is 0 Å². The lowest BCUT2D eigenvalue weighted by atomic mass is 10.2. The van der Waals surface area contributed by atoms with Gasteiger partial charge in [0.25, 0.3) is 0 Å². The molecule has 1 amide bonds. The van der Waals surface area contributed by atoms with Crippen LogP contribution < -0.4 is 11.1 Å². The number of aliphatic carboxylic acids is 1. The zero-order valence-corrected chi connectivity index (χ0v) is 7.73. The lowest BCUT2D eigenvalue weighted by molar-refractivity contribution is -0.153. The number of nitrogens with one attached hydrogen (secondary N) is 1. The van der Waals surface area contributed by atoms with Gasteiger partial charge in [0.15, 0.2) is 6.10 Å². The Bertz CT molecular complexity index is 227. The van der Waals surface area contributed by atoms with Gasteiger partial charge in [-0.05, 0) is 18.8 Å². The molecule has 6 heteroatoms. The van der Waals surface area contributed by atoms with Crippen molar-refractivity contribution in [2.24, 2.45) is 11.7 Å². The molecule has 6 nitrogen and oxygen atoms in total. The van der Waals surface area contributed by atoms with Crippen molar-refractivity contribution >= 4 is 11.9 Å². The third-order valence-corrected chi connectivity index (χ3v) is 2.01. The Labute approximate surface area is 81.4 Å². The molecule has 14 heavy (non-hydrogen) atoms. The Kier molecular flexibility index (Phi) is 3.84. The average molecular weight is 202 g/mol. The van der Waals surface area contributed by atoms with Gasteiger partial charge < -0.3 is 20.9 Å². The van der Waals surface area contributed by atoms with Gasteiger partial charge in [-0.2, -0.15) is 0 Å². The van der Waals surface area contributed by atoms with Crippen LogP contribution in [0.25, 0.3) is 0 Å². The summed E-state index contributed by atoms with van der Waals surface area (Å²) in [4.78, 5) is 21.3. The van der Waals surface area contributed by atoms with Crippen molar-refractivity contribution in [2.45, 2.75) is 18.9 Å². The van der Waals surface area contributed by atoms with Gasteiger partial charge in [0, 0.05) is 0 Å². The number of hydrogen-bond acceptors (Lipinski definition) is 4. The first kappa shape index (κ1) is 10.9. The Morgan fingerprint density at radius 2 is 2.21 bits per heavy atom. The average Bonchev–Trinajstić information content (AvgIpc) is 2.94. The number of carboxylic acid groups (broad SMARTS) is 1. The van der Waals surface area contributed by atoms with Crippen LogP contribution in [0.2, 0.25) is 0 Å². The van der Waals surface area contributed by atoms with Gasteiger partial charge in [0.1, 0.15) is 6.73 Å². The maximum Gasteiger partial charge on any atom is 0.333 e. The molecule has 0 aromatic rings. The molecule has 0 bridgehead atoms. The van der Waals surface area contributed by atoms with Crippen LogP contribution in [0.1, 0.15) is 12.8 Å². The van der Waals surface area contributed by atoms with E-state index in [2.05, 4.69) is 5.32 Å². The van der Waals surface area contributed by atoms with Gasteiger partial charge >= 0.3 is 5.97 Å². The molecular weight excluding hydrogens is 188 g/mol. The zero-order chi connectivity index (χ0) is 10.6. The number of carbonyl (C=O) groups is 2. The van der Waals surface area contributed by atoms with Gasteiger partial charge in [-0.25, -0.2) is 4.79 Å². The fourth-order valence-electron chi connectivity index (χ4n) is 1.09. The molecule has 0 saturated heterocycles. The van der Waals surface area contributed by atoms with Crippen LogP contribution in [0, 0.1) is 5.92 Å². The molecule has 4 N–H and O–H groups in total. The lowest BCUT2D eigenvalue weighted by Crippen LogP contribution is -2.36. The van der Waals surface area contributed by atoms with Crippen molar-refractivity contribution in [1.29, 1.82) is 0 Å². The number of nitrogens with two attached hydrogens (primary N) is 1. The van der Waals surface area contributed by atoms with E-state index in [1.165, 1.54) is 0 Å². The quantitative estimate of drug-likeness (QED) is 0.474. The predicted molar refractivity (Wildman–Crippen MR) is 47.3 cm³/mol. The number of rotatable bonds is 6. The molecule has 0 heterocycles. The fourth-order valence-corrected chi connectivity index (χ4v) is 1.09. The SMILES string of the molecule is NCC(=O)NCOC(C(=O)O)C1CC1. The second kappa shape index (κ2) is 4.92. The number of carboxylic acids is 1. The Hall–Kier alpha value is -1.14. The molecule has 1 unspecified atom stereocenters. The molecule has 0 aromatic carbocycles. The number of hydrogen-bond donors (Lipinski definition) is 3. The first-order chi connectivity index (χ1) is 6.65. The van der Waals surface area contributed by atoms with Gasteiger partial charge in [-0.1, -0.05) is 0 Å². The molecule has 1 aliphatic rings. The zero-order valence-electron chi connectivity index (χ0n) is 7.73. The molecule has 1 atom stereocenters. The summed E-state index contributed by atoms with van der Waals surface area (Å²) in [5, 5.41) is 11.1. The predicted octanol–water partition coefficient (Wildman–Crippen LogP) is -1.10. The fraction of sp³-hybridized carbons (Fsp3) is 0.750. The maximum atomic E-state index is 10.7. The van der Waals surface area contributed by atoms with E-state index in [4.69, 9.17) is 15.6 Å². The molecule has 80 valence electrons. The molecule has 0 aliphatic heterocycles. The molecule has 0 radical (unpaired) electrons. The van der Waals surface area contributed by atoms with Crippen LogP contribution in [0.5, 0.6) is 0 Å². The summed E-state index contributed by atoms with van der Waals surface area (Å²) in [5.41, 5.74) is 5.04. The van der Waals surface area contributed by atoms with E-state index in [1.807, 2.05) is 0 Å². The first-order valence-corrected chi connectivity index (χ1v) is 4.46. The normalized spacial score (nSPS) is 17.5. The largest absolute Gasteiger partial charge is 0.479 e.